The zero-order chi connectivity index (χ0) is 17.4. The standard InChI is InChI=1S/C18H20N4O2S/c1-20-10-12-21(13-11-20)16-8-5-9-17-18(16)19-14-22(17)25(23,24)15-6-3-2-4-7-15/h2-9,14H,10-13H2,1H3. The molecule has 7 heteroatoms. The first-order valence-electron chi connectivity index (χ1n) is 8.27. The highest BCUT2D eigenvalue weighted by molar-refractivity contribution is 7.90. The van der Waals surface area contributed by atoms with Crippen molar-refractivity contribution >= 4 is 26.7 Å². The molecule has 0 spiro atoms. The van der Waals surface area contributed by atoms with Gasteiger partial charge >= 0.3 is 0 Å². The first-order valence-corrected chi connectivity index (χ1v) is 9.71. The summed E-state index contributed by atoms with van der Waals surface area (Å²) in [6, 6.07) is 14.2. The maximum atomic E-state index is 12.9. The Bertz CT molecular complexity index is 990. The molecule has 1 aromatic heterocycles. The molecule has 0 bridgehead atoms. The van der Waals surface area contributed by atoms with Crippen LogP contribution in [0.25, 0.3) is 11.0 Å². The summed E-state index contributed by atoms with van der Waals surface area (Å²) in [5.41, 5.74) is 2.33. The molecule has 0 unspecified atom stereocenters. The molecule has 1 saturated heterocycles. The zero-order valence-corrected chi connectivity index (χ0v) is 14.9. The van der Waals surface area contributed by atoms with E-state index < -0.39 is 10.0 Å². The minimum absolute atomic E-state index is 0.263. The molecular weight excluding hydrogens is 336 g/mol. The Balaban J connectivity index is 1.80. The summed E-state index contributed by atoms with van der Waals surface area (Å²) >= 11 is 0. The van der Waals surface area contributed by atoms with Crippen LogP contribution >= 0.6 is 0 Å². The SMILES string of the molecule is CN1CCN(c2cccc3c2ncn3S(=O)(=O)c2ccccc2)CC1. The Morgan fingerprint density at radius 2 is 1.64 bits per heavy atom. The van der Waals surface area contributed by atoms with E-state index in [1.807, 2.05) is 18.2 Å². The molecule has 1 fully saturated rings. The lowest BCUT2D eigenvalue weighted by atomic mass is 10.2. The third kappa shape index (κ3) is 2.79. The molecule has 0 atom stereocenters. The number of rotatable bonds is 3. The highest BCUT2D eigenvalue weighted by Gasteiger charge is 2.22. The van der Waals surface area contributed by atoms with Gasteiger partial charge in [-0.2, -0.15) is 0 Å². The van der Waals surface area contributed by atoms with Crippen molar-refractivity contribution in [1.82, 2.24) is 13.9 Å². The highest BCUT2D eigenvalue weighted by Crippen LogP contribution is 2.28. The van der Waals surface area contributed by atoms with E-state index in [0.29, 0.717) is 5.52 Å². The van der Waals surface area contributed by atoms with Gasteiger partial charge in [0.1, 0.15) is 11.8 Å². The van der Waals surface area contributed by atoms with Crippen LogP contribution in [0.4, 0.5) is 5.69 Å². The quantitative estimate of drug-likeness (QED) is 0.719. The zero-order valence-electron chi connectivity index (χ0n) is 14.0. The maximum Gasteiger partial charge on any atom is 0.269 e. The van der Waals surface area contributed by atoms with Crippen molar-refractivity contribution in [3.05, 3.63) is 54.9 Å². The summed E-state index contributed by atoms with van der Waals surface area (Å²) in [6.45, 7) is 3.79. The van der Waals surface area contributed by atoms with E-state index in [0.717, 1.165) is 37.4 Å². The minimum Gasteiger partial charge on any atom is -0.367 e. The Hall–Kier alpha value is -2.38. The number of likely N-dealkylation sites (N-methyl/N-ethyl adjacent to an activating group) is 1. The molecule has 0 amide bonds. The van der Waals surface area contributed by atoms with E-state index in [-0.39, 0.29) is 4.90 Å². The number of aromatic nitrogens is 2. The largest absolute Gasteiger partial charge is 0.367 e. The summed E-state index contributed by atoms with van der Waals surface area (Å²) < 4.78 is 27.2. The molecular formula is C18H20N4O2S. The van der Waals surface area contributed by atoms with Crippen LogP contribution in [-0.4, -0.2) is 55.5 Å². The van der Waals surface area contributed by atoms with Gasteiger partial charge in [-0.15, -0.1) is 0 Å². The van der Waals surface area contributed by atoms with Crippen LogP contribution < -0.4 is 4.90 Å². The van der Waals surface area contributed by atoms with E-state index in [1.54, 1.807) is 30.3 Å². The maximum absolute atomic E-state index is 12.9. The molecule has 130 valence electrons. The van der Waals surface area contributed by atoms with E-state index in [1.165, 1.54) is 10.3 Å². The normalized spacial score (nSPS) is 16.4. The second-order valence-electron chi connectivity index (χ2n) is 6.29. The lowest BCUT2D eigenvalue weighted by Gasteiger charge is -2.34. The summed E-state index contributed by atoms with van der Waals surface area (Å²) in [4.78, 5) is 9.26. The molecule has 4 rings (SSSR count). The van der Waals surface area contributed by atoms with Crippen LogP contribution in [0.3, 0.4) is 0 Å². The number of nitrogens with zero attached hydrogens (tertiary/aromatic N) is 4. The number of piperazine rings is 1. The second-order valence-corrected chi connectivity index (χ2v) is 8.11. The van der Waals surface area contributed by atoms with Gasteiger partial charge in [0.2, 0.25) is 0 Å². The molecule has 2 aromatic carbocycles. The van der Waals surface area contributed by atoms with Crippen molar-refractivity contribution in [2.45, 2.75) is 4.90 Å². The Morgan fingerprint density at radius 3 is 2.36 bits per heavy atom. The van der Waals surface area contributed by atoms with Crippen LogP contribution in [0.15, 0.2) is 59.8 Å². The fraction of sp³-hybridized carbons (Fsp3) is 0.278. The average Bonchev–Trinajstić information content (AvgIpc) is 3.08. The summed E-state index contributed by atoms with van der Waals surface area (Å²) in [5.74, 6) is 0. The average molecular weight is 356 g/mol. The number of fused-ring (bicyclic) bond motifs is 1. The van der Waals surface area contributed by atoms with Crippen LogP contribution in [-0.2, 0) is 10.0 Å². The van der Waals surface area contributed by atoms with Gasteiger partial charge in [0.15, 0.2) is 0 Å². The van der Waals surface area contributed by atoms with Gasteiger partial charge in [-0.1, -0.05) is 24.3 Å². The van der Waals surface area contributed by atoms with E-state index in [2.05, 4.69) is 21.8 Å². The molecule has 6 nitrogen and oxygen atoms in total. The molecule has 0 radical (unpaired) electrons. The van der Waals surface area contributed by atoms with Gasteiger partial charge in [0.05, 0.1) is 16.1 Å². The van der Waals surface area contributed by atoms with Crippen LogP contribution in [0, 0.1) is 0 Å². The lowest BCUT2D eigenvalue weighted by Crippen LogP contribution is -2.44. The van der Waals surface area contributed by atoms with Gasteiger partial charge in [-0.25, -0.2) is 17.4 Å². The topological polar surface area (TPSA) is 58.4 Å². The molecule has 3 aromatic rings. The molecule has 2 heterocycles. The van der Waals surface area contributed by atoms with Crippen molar-refractivity contribution in [3.8, 4) is 0 Å². The Kier molecular flexibility index (Phi) is 3.97. The van der Waals surface area contributed by atoms with Crippen molar-refractivity contribution in [3.63, 3.8) is 0 Å². The van der Waals surface area contributed by atoms with Crippen molar-refractivity contribution in [2.75, 3.05) is 38.1 Å². The molecule has 0 saturated carbocycles. The fourth-order valence-corrected chi connectivity index (χ4v) is 4.51. The monoisotopic (exact) mass is 356 g/mol. The third-order valence-electron chi connectivity index (χ3n) is 4.67. The van der Waals surface area contributed by atoms with Crippen LogP contribution in [0.5, 0.6) is 0 Å². The highest BCUT2D eigenvalue weighted by atomic mass is 32.2. The number of benzene rings is 2. The predicted octanol–water partition coefficient (Wildman–Crippen LogP) is 2.03. The van der Waals surface area contributed by atoms with E-state index in [4.69, 9.17) is 0 Å². The van der Waals surface area contributed by atoms with E-state index >= 15 is 0 Å². The summed E-state index contributed by atoms with van der Waals surface area (Å²) in [5, 5.41) is 0. The number of imidazole rings is 1. The molecule has 1 aliphatic heterocycles. The number of para-hydroxylation sites is 1. The third-order valence-corrected chi connectivity index (χ3v) is 6.34. The first kappa shape index (κ1) is 16.1. The van der Waals surface area contributed by atoms with Gasteiger partial charge in [0, 0.05) is 26.2 Å². The molecule has 25 heavy (non-hydrogen) atoms. The summed E-state index contributed by atoms with van der Waals surface area (Å²) in [6.07, 6.45) is 1.41. The van der Waals surface area contributed by atoms with Crippen molar-refractivity contribution in [1.29, 1.82) is 0 Å². The number of anilines is 1. The van der Waals surface area contributed by atoms with Gasteiger partial charge in [0.25, 0.3) is 10.0 Å². The Labute approximate surface area is 147 Å². The molecule has 0 aliphatic carbocycles. The minimum atomic E-state index is -3.65. The number of hydrogen-bond donors (Lipinski definition) is 0. The predicted molar refractivity (Wildman–Crippen MR) is 98.5 cm³/mol. The Morgan fingerprint density at radius 1 is 0.920 bits per heavy atom. The first-order chi connectivity index (χ1) is 12.1. The second kappa shape index (κ2) is 6.16. The van der Waals surface area contributed by atoms with Gasteiger partial charge in [-0.3, -0.25) is 0 Å². The van der Waals surface area contributed by atoms with Gasteiger partial charge < -0.3 is 9.80 Å². The van der Waals surface area contributed by atoms with Crippen molar-refractivity contribution in [2.24, 2.45) is 0 Å². The lowest BCUT2D eigenvalue weighted by molar-refractivity contribution is 0.313. The van der Waals surface area contributed by atoms with Crippen LogP contribution in [0.2, 0.25) is 0 Å². The number of hydrogen-bond acceptors (Lipinski definition) is 5. The van der Waals surface area contributed by atoms with Gasteiger partial charge in [-0.05, 0) is 31.3 Å². The smallest absolute Gasteiger partial charge is 0.269 e. The molecule has 0 N–H and O–H groups in total. The fourth-order valence-electron chi connectivity index (χ4n) is 3.20. The van der Waals surface area contributed by atoms with E-state index in [9.17, 15) is 8.42 Å². The van der Waals surface area contributed by atoms with Crippen LogP contribution in [0.1, 0.15) is 0 Å². The molecule has 1 aliphatic rings. The summed E-state index contributed by atoms with van der Waals surface area (Å²) in [7, 11) is -1.54. The van der Waals surface area contributed by atoms with Crippen molar-refractivity contribution < 1.29 is 8.42 Å².